The molecule has 1 aromatic rings. The van der Waals surface area contributed by atoms with Gasteiger partial charge in [0, 0.05) is 25.0 Å². The van der Waals surface area contributed by atoms with E-state index in [2.05, 4.69) is 30.9 Å². The number of fused-ring (bicyclic) bond motifs is 1. The number of aromatic hydroxyl groups is 1. The maximum absolute atomic E-state index is 9.88. The molecule has 1 saturated heterocycles. The quantitative estimate of drug-likeness (QED) is 0.845. The fraction of sp³-hybridized carbons (Fsp3) is 0.579. The van der Waals surface area contributed by atoms with Gasteiger partial charge in [0.25, 0.3) is 0 Å². The molecular formula is C19H27NO. The second-order valence-electron chi connectivity index (χ2n) is 7.12. The van der Waals surface area contributed by atoms with E-state index in [0.717, 1.165) is 19.0 Å². The number of hydrogen-bond donors (Lipinski definition) is 1. The number of allylic oxidation sites excluding steroid dienone is 1. The molecule has 1 aliphatic carbocycles. The van der Waals surface area contributed by atoms with Gasteiger partial charge in [-0.05, 0) is 50.3 Å². The molecule has 1 N–H and O–H groups in total. The predicted octanol–water partition coefficient (Wildman–Crippen LogP) is 4.10. The summed E-state index contributed by atoms with van der Waals surface area (Å²) in [7, 11) is 0. The minimum atomic E-state index is 0.270. The van der Waals surface area contributed by atoms with Crippen molar-refractivity contribution in [3.63, 3.8) is 0 Å². The van der Waals surface area contributed by atoms with Crippen molar-refractivity contribution in [2.45, 2.75) is 44.9 Å². The highest BCUT2D eigenvalue weighted by Crippen LogP contribution is 2.49. The first-order valence-corrected chi connectivity index (χ1v) is 8.25. The number of benzene rings is 1. The zero-order valence-electron chi connectivity index (χ0n) is 13.3. The third kappa shape index (κ3) is 2.87. The summed E-state index contributed by atoms with van der Waals surface area (Å²) < 4.78 is 0. The zero-order chi connectivity index (χ0) is 14.9. The Morgan fingerprint density at radius 3 is 3.00 bits per heavy atom. The minimum Gasteiger partial charge on any atom is -0.508 e. The molecule has 0 radical (unpaired) electrons. The van der Waals surface area contributed by atoms with Crippen molar-refractivity contribution in [3.05, 3.63) is 41.5 Å². The van der Waals surface area contributed by atoms with E-state index in [4.69, 9.17) is 0 Å². The highest BCUT2D eigenvalue weighted by atomic mass is 16.3. The first-order valence-electron chi connectivity index (χ1n) is 8.25. The molecule has 0 aromatic heterocycles. The average Bonchev–Trinajstić information content (AvgIpc) is 2.85. The van der Waals surface area contributed by atoms with Crippen molar-refractivity contribution in [3.8, 4) is 5.75 Å². The van der Waals surface area contributed by atoms with Crippen LogP contribution in [0.25, 0.3) is 0 Å². The van der Waals surface area contributed by atoms with Crippen LogP contribution in [-0.4, -0.2) is 29.6 Å². The van der Waals surface area contributed by atoms with E-state index < -0.39 is 0 Å². The Labute approximate surface area is 128 Å². The fourth-order valence-electron chi connectivity index (χ4n) is 4.30. The monoisotopic (exact) mass is 285 g/mol. The highest BCUT2D eigenvalue weighted by molar-refractivity contribution is 5.36. The molecule has 2 unspecified atom stereocenters. The smallest absolute Gasteiger partial charge is 0.115 e. The molecule has 2 aliphatic rings. The molecule has 3 rings (SSSR count). The molecule has 2 fully saturated rings. The lowest BCUT2D eigenvalue weighted by Crippen LogP contribution is -2.38. The number of rotatable bonds is 3. The van der Waals surface area contributed by atoms with Crippen LogP contribution in [0.2, 0.25) is 0 Å². The van der Waals surface area contributed by atoms with Crippen molar-refractivity contribution >= 4 is 0 Å². The predicted molar refractivity (Wildman–Crippen MR) is 87.6 cm³/mol. The van der Waals surface area contributed by atoms with E-state index in [1.807, 2.05) is 12.1 Å². The Morgan fingerprint density at radius 2 is 2.24 bits per heavy atom. The highest BCUT2D eigenvalue weighted by Gasteiger charge is 2.48. The van der Waals surface area contributed by atoms with Gasteiger partial charge in [-0.1, -0.05) is 36.6 Å². The molecule has 2 atom stereocenters. The Balaban J connectivity index is 1.88. The Kier molecular flexibility index (Phi) is 4.08. The van der Waals surface area contributed by atoms with E-state index in [1.54, 1.807) is 6.07 Å². The van der Waals surface area contributed by atoms with Crippen molar-refractivity contribution < 1.29 is 5.11 Å². The number of likely N-dealkylation sites (tertiary alicyclic amines) is 1. The molecule has 0 spiro atoms. The SMILES string of the molecule is CC(C)=CCN1CC2CCCCC2(c2cccc(O)c2)C1. The van der Waals surface area contributed by atoms with Gasteiger partial charge in [0.1, 0.15) is 5.75 Å². The average molecular weight is 285 g/mol. The Hall–Kier alpha value is -1.28. The summed E-state index contributed by atoms with van der Waals surface area (Å²) in [6, 6.07) is 8.02. The van der Waals surface area contributed by atoms with E-state index in [1.165, 1.54) is 43.4 Å². The largest absolute Gasteiger partial charge is 0.508 e. The molecule has 1 aromatic carbocycles. The van der Waals surface area contributed by atoms with Crippen molar-refractivity contribution in [1.82, 2.24) is 4.90 Å². The lowest BCUT2D eigenvalue weighted by atomic mass is 9.64. The first-order chi connectivity index (χ1) is 10.1. The Morgan fingerprint density at radius 1 is 1.38 bits per heavy atom. The van der Waals surface area contributed by atoms with Gasteiger partial charge in [-0.3, -0.25) is 4.90 Å². The minimum absolute atomic E-state index is 0.270. The number of nitrogens with zero attached hydrogens (tertiary/aromatic N) is 1. The van der Waals surface area contributed by atoms with Gasteiger partial charge in [-0.2, -0.15) is 0 Å². The van der Waals surface area contributed by atoms with E-state index >= 15 is 0 Å². The van der Waals surface area contributed by atoms with Crippen LogP contribution in [0, 0.1) is 5.92 Å². The van der Waals surface area contributed by atoms with Gasteiger partial charge in [0.15, 0.2) is 0 Å². The van der Waals surface area contributed by atoms with Crippen LogP contribution in [0.4, 0.5) is 0 Å². The van der Waals surface area contributed by atoms with Gasteiger partial charge in [0.2, 0.25) is 0 Å². The molecule has 0 amide bonds. The standard InChI is InChI=1S/C19H27NO/c1-15(2)9-11-20-13-17-6-3-4-10-19(17,14-20)16-7-5-8-18(21)12-16/h5,7-9,12,17,21H,3-4,6,10-11,13-14H2,1-2H3. The Bertz CT molecular complexity index is 532. The van der Waals surface area contributed by atoms with Crippen LogP contribution in [-0.2, 0) is 5.41 Å². The summed E-state index contributed by atoms with van der Waals surface area (Å²) in [4.78, 5) is 2.60. The molecule has 21 heavy (non-hydrogen) atoms. The van der Waals surface area contributed by atoms with Crippen LogP contribution in [0.15, 0.2) is 35.9 Å². The van der Waals surface area contributed by atoms with Gasteiger partial charge < -0.3 is 5.11 Å². The molecule has 1 heterocycles. The van der Waals surface area contributed by atoms with E-state index in [-0.39, 0.29) is 5.41 Å². The van der Waals surface area contributed by atoms with Crippen LogP contribution < -0.4 is 0 Å². The lowest BCUT2D eigenvalue weighted by Gasteiger charge is -2.39. The molecule has 1 aliphatic heterocycles. The van der Waals surface area contributed by atoms with E-state index in [0.29, 0.717) is 5.75 Å². The van der Waals surface area contributed by atoms with Gasteiger partial charge in [0.05, 0.1) is 0 Å². The van der Waals surface area contributed by atoms with Crippen LogP contribution in [0.3, 0.4) is 0 Å². The molecule has 2 heteroatoms. The number of phenols is 1. The third-order valence-electron chi connectivity index (χ3n) is 5.37. The maximum Gasteiger partial charge on any atom is 0.115 e. The number of phenolic OH excluding ortho intramolecular Hbond substituents is 1. The summed E-state index contributed by atoms with van der Waals surface area (Å²) in [5.41, 5.74) is 3.02. The van der Waals surface area contributed by atoms with Gasteiger partial charge in [-0.15, -0.1) is 0 Å². The van der Waals surface area contributed by atoms with Crippen LogP contribution in [0.5, 0.6) is 5.75 Å². The summed E-state index contributed by atoms with van der Waals surface area (Å²) >= 11 is 0. The molecule has 114 valence electrons. The summed E-state index contributed by atoms with van der Waals surface area (Å²) in [5.74, 6) is 1.16. The normalized spacial score (nSPS) is 29.1. The van der Waals surface area contributed by atoms with Crippen molar-refractivity contribution in [2.24, 2.45) is 5.92 Å². The van der Waals surface area contributed by atoms with Crippen LogP contribution in [0.1, 0.15) is 45.1 Å². The maximum atomic E-state index is 9.88. The van der Waals surface area contributed by atoms with Crippen molar-refractivity contribution in [2.75, 3.05) is 19.6 Å². The molecule has 2 nitrogen and oxygen atoms in total. The first kappa shape index (κ1) is 14.6. The summed E-state index contributed by atoms with van der Waals surface area (Å²) in [5, 5.41) is 9.88. The second kappa shape index (κ2) is 5.84. The van der Waals surface area contributed by atoms with Crippen LogP contribution >= 0.6 is 0 Å². The van der Waals surface area contributed by atoms with E-state index in [9.17, 15) is 5.11 Å². The fourth-order valence-corrected chi connectivity index (χ4v) is 4.30. The molecule has 0 bridgehead atoms. The summed E-state index contributed by atoms with van der Waals surface area (Å²) in [6.45, 7) is 7.77. The van der Waals surface area contributed by atoms with Gasteiger partial charge >= 0.3 is 0 Å². The topological polar surface area (TPSA) is 23.5 Å². The number of hydrogen-bond acceptors (Lipinski definition) is 2. The lowest BCUT2D eigenvalue weighted by molar-refractivity contribution is 0.240. The van der Waals surface area contributed by atoms with Crippen molar-refractivity contribution in [1.29, 1.82) is 0 Å². The third-order valence-corrected chi connectivity index (χ3v) is 5.37. The summed E-state index contributed by atoms with van der Waals surface area (Å²) in [6.07, 6.45) is 7.63. The second-order valence-corrected chi connectivity index (χ2v) is 7.12. The zero-order valence-corrected chi connectivity index (χ0v) is 13.3. The van der Waals surface area contributed by atoms with Gasteiger partial charge in [-0.25, -0.2) is 0 Å². The molecular weight excluding hydrogens is 258 g/mol. The molecule has 1 saturated carbocycles.